The first-order valence-corrected chi connectivity index (χ1v) is 8.38. The number of oxazole rings is 1. The Balaban J connectivity index is 1.60. The predicted octanol–water partition coefficient (Wildman–Crippen LogP) is 2.11. The van der Waals surface area contributed by atoms with Crippen LogP contribution in [0.2, 0.25) is 5.02 Å². The van der Waals surface area contributed by atoms with E-state index >= 15 is 0 Å². The van der Waals surface area contributed by atoms with Crippen molar-refractivity contribution in [3.63, 3.8) is 0 Å². The summed E-state index contributed by atoms with van der Waals surface area (Å²) in [5.74, 6) is -1.27. The van der Waals surface area contributed by atoms with E-state index in [9.17, 15) is 14.4 Å². The summed E-state index contributed by atoms with van der Waals surface area (Å²) in [6.07, 6.45) is -0.0314. The fraction of sp³-hybridized carbons (Fsp3) is 0.167. The number of aromatic nitrogens is 1. The zero-order chi connectivity index (χ0) is 19.4. The molecule has 3 aromatic rings. The molecular weight excluding hydrogens is 374 g/mol. The number of amides is 2. The van der Waals surface area contributed by atoms with E-state index in [1.807, 2.05) is 0 Å². The summed E-state index contributed by atoms with van der Waals surface area (Å²) in [7, 11) is 1.42. The number of ether oxygens (including phenoxy) is 1. The number of fused-ring (bicyclic) bond motifs is 1. The van der Waals surface area contributed by atoms with Gasteiger partial charge in [0.1, 0.15) is 5.75 Å². The molecule has 2 N–H and O–H groups in total. The summed E-state index contributed by atoms with van der Waals surface area (Å²) in [6.45, 7) is 0.109. The molecule has 0 fully saturated rings. The Morgan fingerprint density at radius 3 is 2.74 bits per heavy atom. The quantitative estimate of drug-likeness (QED) is 0.650. The van der Waals surface area contributed by atoms with Crippen LogP contribution in [0.1, 0.15) is 16.8 Å². The molecule has 0 aliphatic carbocycles. The van der Waals surface area contributed by atoms with Crippen molar-refractivity contribution in [1.29, 1.82) is 0 Å². The fourth-order valence-electron chi connectivity index (χ4n) is 2.55. The number of aryl methyl sites for hydroxylation is 1. The summed E-state index contributed by atoms with van der Waals surface area (Å²) in [5.41, 5.74) is 5.82. The first-order chi connectivity index (χ1) is 13.0. The number of rotatable bonds is 5. The second-order valence-electron chi connectivity index (χ2n) is 5.58. The minimum Gasteiger partial charge on any atom is -0.496 e. The summed E-state index contributed by atoms with van der Waals surface area (Å²) < 4.78 is 11.6. The van der Waals surface area contributed by atoms with E-state index < -0.39 is 17.6 Å². The number of benzene rings is 2. The molecule has 0 saturated heterocycles. The number of hydrazine groups is 1. The minimum absolute atomic E-state index is 0.0314. The van der Waals surface area contributed by atoms with Crippen molar-refractivity contribution in [2.75, 3.05) is 7.11 Å². The number of methoxy groups -OCH3 is 1. The molecule has 3 rings (SSSR count). The molecule has 140 valence electrons. The minimum atomic E-state index is -0.575. The smallest absolute Gasteiger partial charge is 0.419 e. The monoisotopic (exact) mass is 389 g/mol. The van der Waals surface area contributed by atoms with Gasteiger partial charge in [0.2, 0.25) is 5.91 Å². The third-order valence-electron chi connectivity index (χ3n) is 3.86. The normalized spacial score (nSPS) is 10.6. The summed E-state index contributed by atoms with van der Waals surface area (Å²) in [5, 5.41) is 0.360. The van der Waals surface area contributed by atoms with Gasteiger partial charge in [-0.15, -0.1) is 0 Å². The van der Waals surface area contributed by atoms with E-state index in [1.54, 1.807) is 36.4 Å². The van der Waals surface area contributed by atoms with Crippen LogP contribution in [-0.2, 0) is 11.3 Å². The van der Waals surface area contributed by atoms with Crippen LogP contribution in [0.4, 0.5) is 0 Å². The van der Waals surface area contributed by atoms with Gasteiger partial charge >= 0.3 is 5.76 Å². The van der Waals surface area contributed by atoms with Crippen LogP contribution >= 0.6 is 11.6 Å². The van der Waals surface area contributed by atoms with Gasteiger partial charge in [0.15, 0.2) is 5.58 Å². The third kappa shape index (κ3) is 4.12. The van der Waals surface area contributed by atoms with Crippen molar-refractivity contribution in [2.45, 2.75) is 13.0 Å². The highest BCUT2D eigenvalue weighted by Gasteiger charge is 2.14. The Morgan fingerprint density at radius 1 is 1.19 bits per heavy atom. The molecule has 27 heavy (non-hydrogen) atoms. The number of nitrogens with zero attached hydrogens (tertiary/aromatic N) is 1. The van der Waals surface area contributed by atoms with Gasteiger partial charge in [0, 0.05) is 18.0 Å². The molecule has 1 aromatic heterocycles. The molecule has 8 nitrogen and oxygen atoms in total. The molecule has 0 bridgehead atoms. The van der Waals surface area contributed by atoms with E-state index in [0.717, 1.165) is 0 Å². The van der Waals surface area contributed by atoms with E-state index in [4.69, 9.17) is 20.8 Å². The molecule has 2 aromatic carbocycles. The van der Waals surface area contributed by atoms with Crippen molar-refractivity contribution in [3.05, 3.63) is 63.6 Å². The Hall–Kier alpha value is -3.26. The highest BCUT2D eigenvalue weighted by Crippen LogP contribution is 2.22. The number of halogens is 1. The largest absolute Gasteiger partial charge is 0.496 e. The van der Waals surface area contributed by atoms with Gasteiger partial charge in [-0.2, -0.15) is 0 Å². The van der Waals surface area contributed by atoms with E-state index in [-0.39, 0.29) is 18.5 Å². The zero-order valence-electron chi connectivity index (χ0n) is 14.3. The number of nitrogens with one attached hydrogen (secondary N) is 2. The van der Waals surface area contributed by atoms with Gasteiger partial charge in [-0.3, -0.25) is 25.0 Å². The summed E-state index contributed by atoms with van der Waals surface area (Å²) >= 11 is 5.89. The van der Waals surface area contributed by atoms with Crippen LogP contribution in [0.3, 0.4) is 0 Å². The third-order valence-corrected chi connectivity index (χ3v) is 4.09. The number of para-hydroxylation sites is 2. The number of carbonyl (C=O) groups excluding carboxylic acids is 2. The van der Waals surface area contributed by atoms with Gasteiger partial charge in [-0.25, -0.2) is 4.79 Å². The van der Waals surface area contributed by atoms with Crippen molar-refractivity contribution in [3.8, 4) is 5.75 Å². The second kappa shape index (κ2) is 7.96. The molecule has 0 aliphatic rings. The maximum atomic E-state index is 12.2. The molecule has 9 heteroatoms. The van der Waals surface area contributed by atoms with Gasteiger partial charge in [0.05, 0.1) is 18.2 Å². The molecule has 0 saturated carbocycles. The van der Waals surface area contributed by atoms with Crippen LogP contribution < -0.4 is 21.3 Å². The first kappa shape index (κ1) is 18.5. The Labute approximate surface area is 158 Å². The van der Waals surface area contributed by atoms with Crippen LogP contribution in [0.5, 0.6) is 5.75 Å². The Bertz CT molecular complexity index is 1060. The zero-order valence-corrected chi connectivity index (χ0v) is 15.1. The van der Waals surface area contributed by atoms with Gasteiger partial charge in [-0.05, 0) is 30.3 Å². The molecule has 1 heterocycles. The lowest BCUT2D eigenvalue weighted by Crippen LogP contribution is -2.42. The lowest BCUT2D eigenvalue weighted by atomic mass is 10.2. The fourth-order valence-corrected chi connectivity index (χ4v) is 2.73. The Kier molecular flexibility index (Phi) is 5.46. The molecular formula is C18H16ClN3O5. The Morgan fingerprint density at radius 2 is 1.96 bits per heavy atom. The van der Waals surface area contributed by atoms with Crippen molar-refractivity contribution >= 4 is 34.5 Å². The van der Waals surface area contributed by atoms with Crippen LogP contribution in [0, 0.1) is 0 Å². The van der Waals surface area contributed by atoms with Crippen molar-refractivity contribution in [2.24, 2.45) is 0 Å². The number of hydrogen-bond acceptors (Lipinski definition) is 5. The highest BCUT2D eigenvalue weighted by molar-refractivity contribution is 6.31. The second-order valence-corrected chi connectivity index (χ2v) is 6.02. The maximum Gasteiger partial charge on any atom is 0.419 e. The average molecular weight is 390 g/mol. The van der Waals surface area contributed by atoms with Crippen molar-refractivity contribution in [1.82, 2.24) is 15.4 Å². The van der Waals surface area contributed by atoms with Crippen molar-refractivity contribution < 1.29 is 18.7 Å². The molecule has 0 radical (unpaired) electrons. The van der Waals surface area contributed by atoms with Gasteiger partial charge < -0.3 is 9.15 Å². The topological polar surface area (TPSA) is 103 Å². The van der Waals surface area contributed by atoms with Crippen LogP contribution in [-0.4, -0.2) is 23.5 Å². The maximum absolute atomic E-state index is 12.2. The SMILES string of the molecule is COc1ccc(Cl)cc1C(=O)NNC(=O)CCn1c(=O)oc2ccccc21. The standard InChI is InChI=1S/C18H16ClN3O5/c1-26-14-7-6-11(19)10-12(14)17(24)21-20-16(23)8-9-22-13-4-2-3-5-15(13)27-18(22)25/h2-7,10H,8-9H2,1H3,(H,20,23)(H,21,24). The van der Waals surface area contributed by atoms with E-state index in [1.165, 1.54) is 17.7 Å². The van der Waals surface area contributed by atoms with Crippen LogP contribution in [0.25, 0.3) is 11.1 Å². The lowest BCUT2D eigenvalue weighted by Gasteiger charge is -2.10. The van der Waals surface area contributed by atoms with Crippen LogP contribution in [0.15, 0.2) is 51.7 Å². The van der Waals surface area contributed by atoms with E-state index in [2.05, 4.69) is 10.9 Å². The molecule has 0 unspecified atom stereocenters. The van der Waals surface area contributed by atoms with Gasteiger partial charge in [-0.1, -0.05) is 23.7 Å². The van der Waals surface area contributed by atoms with Gasteiger partial charge in [0.25, 0.3) is 5.91 Å². The first-order valence-electron chi connectivity index (χ1n) is 8.00. The molecule has 0 aliphatic heterocycles. The molecule has 0 atom stereocenters. The predicted molar refractivity (Wildman–Crippen MR) is 98.7 cm³/mol. The number of carbonyl (C=O) groups is 2. The summed E-state index contributed by atoms with van der Waals surface area (Å²) in [4.78, 5) is 36.1. The highest BCUT2D eigenvalue weighted by atomic mass is 35.5. The molecule has 2 amide bonds. The average Bonchev–Trinajstić information content (AvgIpc) is 2.99. The van der Waals surface area contributed by atoms with E-state index in [0.29, 0.717) is 21.9 Å². The number of hydrogen-bond donors (Lipinski definition) is 2. The molecule has 0 spiro atoms. The summed E-state index contributed by atoms with van der Waals surface area (Å²) in [6, 6.07) is 11.5. The lowest BCUT2D eigenvalue weighted by molar-refractivity contribution is -0.122.